The fourth-order valence-electron chi connectivity index (χ4n) is 1.78. The first-order valence-electron chi connectivity index (χ1n) is 6.10. The fraction of sp³-hybridized carbons (Fsp3) is 0. The van der Waals surface area contributed by atoms with Gasteiger partial charge < -0.3 is 15.6 Å². The van der Waals surface area contributed by atoms with Crippen LogP contribution in [0.3, 0.4) is 0 Å². The van der Waals surface area contributed by atoms with Crippen LogP contribution < -0.4 is 10.6 Å². The second kappa shape index (κ2) is 5.27. The third-order valence-corrected chi connectivity index (χ3v) is 2.66. The number of rotatable bonds is 4. The van der Waals surface area contributed by atoms with Crippen molar-refractivity contribution in [1.29, 1.82) is 0 Å². The lowest BCUT2D eigenvalue weighted by Gasteiger charge is -2.02. The molecule has 0 aliphatic carbocycles. The molecule has 0 spiro atoms. The maximum atomic E-state index is 4.42. The van der Waals surface area contributed by atoms with Crippen LogP contribution in [-0.2, 0) is 0 Å². The fourth-order valence-corrected chi connectivity index (χ4v) is 1.78. The molecule has 3 rings (SSSR count). The van der Waals surface area contributed by atoms with Gasteiger partial charge >= 0.3 is 0 Å². The lowest BCUT2D eigenvalue weighted by Crippen LogP contribution is -1.93. The van der Waals surface area contributed by atoms with Crippen molar-refractivity contribution in [3.8, 4) is 0 Å². The number of aromatic amines is 1. The minimum absolute atomic E-state index is 0.713. The molecule has 19 heavy (non-hydrogen) atoms. The SMILES string of the molecule is c1ccc(Nc2c[nH]c(Nc3ccccc3)n2)cc1. The highest BCUT2D eigenvalue weighted by molar-refractivity contribution is 5.59. The number of H-pyrrole nitrogens is 1. The van der Waals surface area contributed by atoms with E-state index in [2.05, 4.69) is 20.6 Å². The molecule has 0 radical (unpaired) electrons. The van der Waals surface area contributed by atoms with Crippen molar-refractivity contribution in [2.75, 3.05) is 10.6 Å². The summed E-state index contributed by atoms with van der Waals surface area (Å²) < 4.78 is 0. The molecule has 0 saturated carbocycles. The van der Waals surface area contributed by atoms with Crippen molar-refractivity contribution < 1.29 is 0 Å². The normalized spacial score (nSPS) is 10.1. The van der Waals surface area contributed by atoms with E-state index in [1.165, 1.54) is 0 Å². The minimum Gasteiger partial charge on any atom is -0.339 e. The Balaban J connectivity index is 1.70. The predicted molar refractivity (Wildman–Crippen MR) is 78.0 cm³/mol. The third-order valence-electron chi connectivity index (χ3n) is 2.66. The molecule has 2 aromatic carbocycles. The van der Waals surface area contributed by atoms with Crippen LogP contribution in [0.2, 0.25) is 0 Å². The number of imidazole rings is 1. The summed E-state index contributed by atoms with van der Waals surface area (Å²) in [4.78, 5) is 7.51. The average molecular weight is 250 g/mol. The maximum absolute atomic E-state index is 4.42. The van der Waals surface area contributed by atoms with Crippen LogP contribution in [0.1, 0.15) is 0 Å². The van der Waals surface area contributed by atoms with Gasteiger partial charge in [0.05, 0.1) is 0 Å². The number of nitrogens with one attached hydrogen (secondary N) is 3. The summed E-state index contributed by atoms with van der Waals surface area (Å²) in [7, 11) is 0. The first-order chi connectivity index (χ1) is 9.40. The smallest absolute Gasteiger partial charge is 0.206 e. The van der Waals surface area contributed by atoms with Crippen LogP contribution >= 0.6 is 0 Å². The minimum atomic E-state index is 0.713. The number of nitrogens with zero attached hydrogens (tertiary/aromatic N) is 1. The van der Waals surface area contributed by atoms with E-state index >= 15 is 0 Å². The van der Waals surface area contributed by atoms with Crippen LogP contribution in [-0.4, -0.2) is 9.97 Å². The topological polar surface area (TPSA) is 52.7 Å². The largest absolute Gasteiger partial charge is 0.339 e. The Morgan fingerprint density at radius 2 is 1.32 bits per heavy atom. The number of hydrogen-bond donors (Lipinski definition) is 3. The van der Waals surface area contributed by atoms with Crippen molar-refractivity contribution in [3.63, 3.8) is 0 Å². The first-order valence-corrected chi connectivity index (χ1v) is 6.10. The molecule has 1 heterocycles. The molecule has 4 heteroatoms. The van der Waals surface area contributed by atoms with Crippen molar-refractivity contribution in [1.82, 2.24) is 9.97 Å². The number of anilines is 4. The van der Waals surface area contributed by atoms with Crippen molar-refractivity contribution >= 4 is 23.1 Å². The zero-order chi connectivity index (χ0) is 12.9. The van der Waals surface area contributed by atoms with Crippen molar-refractivity contribution in [3.05, 3.63) is 66.9 Å². The summed E-state index contributed by atoms with van der Waals surface area (Å²) in [5.41, 5.74) is 2.02. The number of benzene rings is 2. The van der Waals surface area contributed by atoms with Crippen LogP contribution in [0.25, 0.3) is 0 Å². The van der Waals surface area contributed by atoms with E-state index in [9.17, 15) is 0 Å². The van der Waals surface area contributed by atoms with E-state index < -0.39 is 0 Å². The molecule has 4 nitrogen and oxygen atoms in total. The zero-order valence-electron chi connectivity index (χ0n) is 10.3. The molecule has 94 valence electrons. The van der Waals surface area contributed by atoms with Gasteiger partial charge in [0, 0.05) is 17.6 Å². The summed E-state index contributed by atoms with van der Waals surface area (Å²) in [6, 6.07) is 19.9. The number of hydrogen-bond acceptors (Lipinski definition) is 3. The maximum Gasteiger partial charge on any atom is 0.206 e. The predicted octanol–water partition coefficient (Wildman–Crippen LogP) is 3.90. The average Bonchev–Trinajstić information content (AvgIpc) is 2.88. The van der Waals surface area contributed by atoms with E-state index in [0.29, 0.717) is 5.95 Å². The second-order valence-electron chi connectivity index (χ2n) is 4.12. The quantitative estimate of drug-likeness (QED) is 0.658. The van der Waals surface area contributed by atoms with Gasteiger partial charge in [0.15, 0.2) is 5.82 Å². The molecule has 3 aromatic rings. The van der Waals surface area contributed by atoms with Gasteiger partial charge in [-0.25, -0.2) is 0 Å². The number of aromatic nitrogens is 2. The lowest BCUT2D eigenvalue weighted by atomic mass is 10.3. The molecular weight excluding hydrogens is 236 g/mol. The molecule has 0 unspecified atom stereocenters. The molecule has 1 aromatic heterocycles. The Bertz CT molecular complexity index is 576. The van der Waals surface area contributed by atoms with Gasteiger partial charge in [-0.15, -0.1) is 0 Å². The van der Waals surface area contributed by atoms with Crippen LogP contribution in [0, 0.1) is 0 Å². The van der Waals surface area contributed by atoms with Crippen LogP contribution in [0.5, 0.6) is 0 Å². The molecular formula is C15H14N4. The van der Waals surface area contributed by atoms with E-state index in [1.54, 1.807) is 0 Å². The van der Waals surface area contributed by atoms with Crippen LogP contribution in [0.4, 0.5) is 23.1 Å². The number of para-hydroxylation sites is 2. The summed E-state index contributed by atoms with van der Waals surface area (Å²) >= 11 is 0. The van der Waals surface area contributed by atoms with E-state index in [0.717, 1.165) is 17.2 Å². The Kier molecular flexibility index (Phi) is 3.14. The second-order valence-corrected chi connectivity index (χ2v) is 4.12. The van der Waals surface area contributed by atoms with E-state index in [-0.39, 0.29) is 0 Å². The summed E-state index contributed by atoms with van der Waals surface area (Å²) in [6.45, 7) is 0. The van der Waals surface area contributed by atoms with Gasteiger partial charge in [-0.3, -0.25) is 0 Å². The first kappa shape index (κ1) is 11.3. The Morgan fingerprint density at radius 3 is 1.95 bits per heavy atom. The van der Waals surface area contributed by atoms with Gasteiger partial charge in [-0.2, -0.15) is 4.98 Å². The highest BCUT2D eigenvalue weighted by Gasteiger charge is 2.01. The molecule has 0 bridgehead atoms. The highest BCUT2D eigenvalue weighted by atomic mass is 15.2. The monoisotopic (exact) mass is 250 g/mol. The Morgan fingerprint density at radius 1 is 0.737 bits per heavy atom. The summed E-state index contributed by atoms with van der Waals surface area (Å²) in [5.74, 6) is 1.49. The molecule has 0 saturated heterocycles. The molecule has 0 fully saturated rings. The van der Waals surface area contributed by atoms with Gasteiger partial charge in [-0.05, 0) is 24.3 Å². The lowest BCUT2D eigenvalue weighted by molar-refractivity contribution is 1.28. The van der Waals surface area contributed by atoms with E-state index in [1.807, 2.05) is 66.9 Å². The van der Waals surface area contributed by atoms with Gasteiger partial charge in [-0.1, -0.05) is 36.4 Å². The molecule has 0 aliphatic rings. The Hall–Kier alpha value is -2.75. The van der Waals surface area contributed by atoms with Crippen molar-refractivity contribution in [2.45, 2.75) is 0 Å². The standard InChI is InChI=1S/C15H14N4/c1-3-7-12(8-4-1)17-14-11-16-15(19-14)18-13-9-5-2-6-10-13/h1-11,17H,(H2,16,18,19). The molecule has 0 amide bonds. The van der Waals surface area contributed by atoms with E-state index in [4.69, 9.17) is 0 Å². The summed E-state index contributed by atoms with van der Waals surface area (Å²) in [5, 5.41) is 6.43. The highest BCUT2D eigenvalue weighted by Crippen LogP contribution is 2.17. The summed E-state index contributed by atoms with van der Waals surface area (Å²) in [6.07, 6.45) is 1.83. The molecule has 0 aliphatic heterocycles. The van der Waals surface area contributed by atoms with Crippen molar-refractivity contribution in [2.24, 2.45) is 0 Å². The molecule has 0 atom stereocenters. The molecule has 3 N–H and O–H groups in total. The van der Waals surface area contributed by atoms with Gasteiger partial charge in [0.1, 0.15) is 0 Å². The van der Waals surface area contributed by atoms with Gasteiger partial charge in [0.2, 0.25) is 5.95 Å². The van der Waals surface area contributed by atoms with Gasteiger partial charge in [0.25, 0.3) is 0 Å². The third kappa shape index (κ3) is 2.93. The Labute approximate surface area is 111 Å². The van der Waals surface area contributed by atoms with Crippen LogP contribution in [0.15, 0.2) is 66.9 Å². The zero-order valence-corrected chi connectivity index (χ0v) is 10.3.